The van der Waals surface area contributed by atoms with E-state index in [0.717, 1.165) is 68.0 Å². The molecule has 10 nitrogen and oxygen atoms in total. The minimum Gasteiger partial charge on any atom is -0.457 e. The predicted molar refractivity (Wildman–Crippen MR) is 141 cm³/mol. The molecule has 2 amide bonds. The zero-order valence-electron chi connectivity index (χ0n) is 20.6. The molecule has 0 saturated carbocycles. The van der Waals surface area contributed by atoms with Gasteiger partial charge in [-0.2, -0.15) is 5.10 Å². The molecule has 4 aromatic rings. The molecule has 4 heterocycles. The van der Waals surface area contributed by atoms with Crippen LogP contribution < -0.4 is 15.8 Å². The first kappa shape index (κ1) is 23.2. The summed E-state index contributed by atoms with van der Waals surface area (Å²) in [6.45, 7) is 4.53. The van der Waals surface area contributed by atoms with Gasteiger partial charge in [0.2, 0.25) is 0 Å². The molecule has 0 bridgehead atoms. The average Bonchev–Trinajstić information content (AvgIpc) is 3.39. The van der Waals surface area contributed by atoms with E-state index in [0.29, 0.717) is 23.8 Å². The summed E-state index contributed by atoms with van der Waals surface area (Å²) in [6.07, 6.45) is 3.56. The minimum absolute atomic E-state index is 0.0295. The summed E-state index contributed by atoms with van der Waals surface area (Å²) in [6, 6.07) is 17.4. The van der Waals surface area contributed by atoms with Crippen molar-refractivity contribution in [1.29, 1.82) is 0 Å². The fourth-order valence-electron chi connectivity index (χ4n) is 5.02. The van der Waals surface area contributed by atoms with Gasteiger partial charge in [-0.15, -0.1) is 0 Å². The smallest absolute Gasteiger partial charge is 0.320 e. The third-order valence-electron chi connectivity index (χ3n) is 6.98. The molecule has 2 aliphatic heterocycles. The molecule has 0 aliphatic carbocycles. The largest absolute Gasteiger partial charge is 0.457 e. The number of piperidine rings is 1. The van der Waals surface area contributed by atoms with Crippen molar-refractivity contribution in [1.82, 2.24) is 34.9 Å². The molecule has 6 rings (SSSR count). The van der Waals surface area contributed by atoms with Gasteiger partial charge in [0.1, 0.15) is 17.3 Å². The zero-order valence-corrected chi connectivity index (χ0v) is 20.6. The number of nitrogen functional groups attached to an aromatic ring is 1. The standard InChI is InChI=1S/C27H30N8O2/c28-24-23-17-30-35(20-5-4-14-34(18-20)27(36)33-15-12-29-13-16-33)26(23)32-25(31-24)19-8-10-22(11-9-19)37-21-6-2-1-3-7-21/h1-3,6-11,17,20,29H,4-5,12-16,18H2,(H2,28,31,32)/t20-/m1/s1. The van der Waals surface area contributed by atoms with Crippen LogP contribution in [0.1, 0.15) is 18.9 Å². The number of nitrogens with zero attached hydrogens (tertiary/aromatic N) is 6. The van der Waals surface area contributed by atoms with Crippen molar-refractivity contribution in [2.45, 2.75) is 18.9 Å². The summed E-state index contributed by atoms with van der Waals surface area (Å²) in [4.78, 5) is 26.4. The Morgan fingerprint density at radius 3 is 2.49 bits per heavy atom. The molecule has 10 heteroatoms. The summed E-state index contributed by atoms with van der Waals surface area (Å²) in [5.41, 5.74) is 7.86. The van der Waals surface area contributed by atoms with Crippen LogP contribution in [0.4, 0.5) is 10.6 Å². The molecule has 0 radical (unpaired) electrons. The second-order valence-electron chi connectivity index (χ2n) is 9.46. The van der Waals surface area contributed by atoms with Crippen molar-refractivity contribution in [3.63, 3.8) is 0 Å². The van der Waals surface area contributed by atoms with Gasteiger partial charge < -0.3 is 25.6 Å². The molecule has 2 aromatic heterocycles. The molecule has 0 unspecified atom stereocenters. The Kier molecular flexibility index (Phi) is 6.32. The first-order valence-electron chi connectivity index (χ1n) is 12.7. The van der Waals surface area contributed by atoms with E-state index in [2.05, 4.69) is 15.4 Å². The van der Waals surface area contributed by atoms with Crippen molar-refractivity contribution >= 4 is 22.9 Å². The lowest BCUT2D eigenvalue weighted by atomic mass is 10.1. The summed E-state index contributed by atoms with van der Waals surface area (Å²) in [7, 11) is 0. The van der Waals surface area contributed by atoms with Crippen molar-refractivity contribution in [3.8, 4) is 22.9 Å². The normalized spacial score (nSPS) is 18.2. The number of nitrogens with one attached hydrogen (secondary N) is 1. The van der Waals surface area contributed by atoms with Crippen molar-refractivity contribution in [2.75, 3.05) is 45.0 Å². The molecule has 2 aliphatic rings. The summed E-state index contributed by atoms with van der Waals surface area (Å²) in [5.74, 6) is 2.42. The zero-order chi connectivity index (χ0) is 25.2. The van der Waals surface area contributed by atoms with E-state index in [1.807, 2.05) is 69.1 Å². The molecule has 3 N–H and O–H groups in total. The van der Waals surface area contributed by atoms with Gasteiger partial charge >= 0.3 is 6.03 Å². The number of nitrogens with two attached hydrogens (primary N) is 1. The molecular formula is C27H30N8O2. The first-order valence-corrected chi connectivity index (χ1v) is 12.7. The maximum absolute atomic E-state index is 13.1. The maximum atomic E-state index is 13.1. The number of rotatable bonds is 4. The molecule has 2 fully saturated rings. The number of aromatic nitrogens is 4. The first-order chi connectivity index (χ1) is 18.2. The fourth-order valence-corrected chi connectivity index (χ4v) is 5.02. The molecule has 190 valence electrons. The van der Waals surface area contributed by atoms with Gasteiger partial charge in [0.05, 0.1) is 17.6 Å². The van der Waals surface area contributed by atoms with E-state index in [1.54, 1.807) is 6.20 Å². The summed E-state index contributed by atoms with van der Waals surface area (Å²) >= 11 is 0. The number of ether oxygens (including phenoxy) is 1. The van der Waals surface area contributed by atoms with Crippen molar-refractivity contribution in [2.24, 2.45) is 0 Å². The van der Waals surface area contributed by atoms with Crippen LogP contribution in [0.5, 0.6) is 11.5 Å². The number of carbonyl (C=O) groups is 1. The van der Waals surface area contributed by atoms with E-state index in [9.17, 15) is 4.79 Å². The van der Waals surface area contributed by atoms with Crippen LogP contribution in [0.15, 0.2) is 60.8 Å². The molecule has 0 spiro atoms. The Balaban J connectivity index is 1.24. The minimum atomic E-state index is 0.0295. The van der Waals surface area contributed by atoms with Crippen molar-refractivity contribution in [3.05, 3.63) is 60.8 Å². The highest BCUT2D eigenvalue weighted by Gasteiger charge is 2.30. The predicted octanol–water partition coefficient (Wildman–Crippen LogP) is 3.53. The van der Waals surface area contributed by atoms with Gasteiger partial charge in [-0.25, -0.2) is 19.4 Å². The lowest BCUT2D eigenvalue weighted by molar-refractivity contribution is 0.123. The van der Waals surface area contributed by atoms with E-state index in [1.165, 1.54) is 0 Å². The number of carbonyl (C=O) groups excluding carboxylic acids is 1. The fraction of sp³-hybridized carbons (Fsp3) is 0.333. The number of fused-ring (bicyclic) bond motifs is 1. The number of piperazine rings is 1. The Bertz CT molecular complexity index is 1380. The second-order valence-corrected chi connectivity index (χ2v) is 9.46. The Labute approximate surface area is 215 Å². The van der Waals surface area contributed by atoms with Gasteiger partial charge in [-0.3, -0.25) is 0 Å². The number of hydrogen-bond acceptors (Lipinski definition) is 7. The van der Waals surface area contributed by atoms with Crippen LogP contribution in [0.2, 0.25) is 0 Å². The molecule has 2 saturated heterocycles. The highest BCUT2D eigenvalue weighted by atomic mass is 16.5. The summed E-state index contributed by atoms with van der Waals surface area (Å²) < 4.78 is 7.82. The topological polar surface area (TPSA) is 114 Å². The van der Waals surface area contributed by atoms with Gasteiger partial charge in [0.15, 0.2) is 11.5 Å². The average molecular weight is 499 g/mol. The Morgan fingerprint density at radius 2 is 1.70 bits per heavy atom. The SMILES string of the molecule is Nc1nc(-c2ccc(Oc3ccccc3)cc2)nc2c1cnn2[C@@H]1CCCN(C(=O)N2CCNCC2)C1. The van der Waals surface area contributed by atoms with Crippen LogP contribution in [-0.2, 0) is 0 Å². The number of benzene rings is 2. The van der Waals surface area contributed by atoms with Crippen LogP contribution in [0.25, 0.3) is 22.4 Å². The van der Waals surface area contributed by atoms with Crippen LogP contribution in [-0.4, -0.2) is 74.8 Å². The second kappa shape index (κ2) is 10.1. The van der Waals surface area contributed by atoms with Crippen LogP contribution in [0.3, 0.4) is 0 Å². The number of para-hydroxylation sites is 1. The van der Waals surface area contributed by atoms with E-state index in [4.69, 9.17) is 15.5 Å². The Morgan fingerprint density at radius 1 is 0.946 bits per heavy atom. The van der Waals surface area contributed by atoms with Gasteiger partial charge in [0, 0.05) is 44.8 Å². The van der Waals surface area contributed by atoms with E-state index in [-0.39, 0.29) is 12.1 Å². The quantitative estimate of drug-likeness (QED) is 0.442. The highest BCUT2D eigenvalue weighted by Crippen LogP contribution is 2.30. The summed E-state index contributed by atoms with van der Waals surface area (Å²) in [5, 5.41) is 8.66. The number of likely N-dealkylation sites (tertiary alicyclic amines) is 1. The van der Waals surface area contributed by atoms with Gasteiger partial charge in [-0.05, 0) is 49.2 Å². The lowest BCUT2D eigenvalue weighted by Crippen LogP contribution is -2.53. The van der Waals surface area contributed by atoms with Crippen LogP contribution in [0, 0.1) is 0 Å². The Hall–Kier alpha value is -4.18. The van der Waals surface area contributed by atoms with Crippen molar-refractivity contribution < 1.29 is 9.53 Å². The third-order valence-corrected chi connectivity index (χ3v) is 6.98. The highest BCUT2D eigenvalue weighted by molar-refractivity contribution is 5.87. The molecular weight excluding hydrogens is 468 g/mol. The number of hydrogen-bond donors (Lipinski definition) is 2. The van der Waals surface area contributed by atoms with Gasteiger partial charge in [0.25, 0.3) is 0 Å². The van der Waals surface area contributed by atoms with E-state index < -0.39 is 0 Å². The van der Waals surface area contributed by atoms with Gasteiger partial charge in [-0.1, -0.05) is 18.2 Å². The monoisotopic (exact) mass is 498 g/mol. The number of anilines is 1. The molecule has 1 atom stereocenters. The van der Waals surface area contributed by atoms with Crippen LogP contribution >= 0.6 is 0 Å². The molecule has 2 aromatic carbocycles. The lowest BCUT2D eigenvalue weighted by Gasteiger charge is -2.37. The molecule has 37 heavy (non-hydrogen) atoms. The third kappa shape index (κ3) is 4.79. The maximum Gasteiger partial charge on any atom is 0.320 e. The van der Waals surface area contributed by atoms with E-state index >= 15 is 0 Å². The number of urea groups is 1. The number of amides is 2.